The predicted molar refractivity (Wildman–Crippen MR) is 110 cm³/mol. The molecule has 150 valence electrons. The average molecular weight is 413 g/mol. The molecule has 0 spiro atoms. The van der Waals surface area contributed by atoms with Crippen LogP contribution < -0.4 is 10.1 Å². The molecule has 1 atom stereocenters. The van der Waals surface area contributed by atoms with Gasteiger partial charge in [-0.15, -0.1) is 5.10 Å². The zero-order valence-corrected chi connectivity index (χ0v) is 16.7. The Kier molecular flexibility index (Phi) is 5.78. The van der Waals surface area contributed by atoms with Crippen molar-refractivity contribution in [3.8, 4) is 11.4 Å². The van der Waals surface area contributed by atoms with Gasteiger partial charge in [-0.05, 0) is 68.3 Å². The molecule has 0 radical (unpaired) electrons. The highest BCUT2D eigenvalue weighted by atomic mass is 35.5. The van der Waals surface area contributed by atoms with Crippen LogP contribution in [-0.4, -0.2) is 40.0 Å². The fraction of sp³-hybridized carbons (Fsp3) is 0.286. The summed E-state index contributed by atoms with van der Waals surface area (Å²) in [5, 5.41) is 7.75. The van der Waals surface area contributed by atoms with Gasteiger partial charge < -0.3 is 14.8 Å². The van der Waals surface area contributed by atoms with E-state index >= 15 is 0 Å². The fourth-order valence-electron chi connectivity index (χ4n) is 3.10. The highest BCUT2D eigenvalue weighted by Crippen LogP contribution is 2.19. The molecule has 1 fully saturated rings. The van der Waals surface area contributed by atoms with Crippen molar-refractivity contribution in [3.05, 3.63) is 65.2 Å². The predicted octanol–water partition coefficient (Wildman–Crippen LogP) is 4.04. The number of carbonyl (C=O) groups excluding carboxylic acids is 1. The van der Waals surface area contributed by atoms with E-state index in [-0.39, 0.29) is 17.8 Å². The Bertz CT molecular complexity index is 980. The van der Waals surface area contributed by atoms with Crippen LogP contribution in [0.2, 0.25) is 5.02 Å². The van der Waals surface area contributed by atoms with E-state index in [1.807, 2.05) is 24.3 Å². The second kappa shape index (κ2) is 8.63. The van der Waals surface area contributed by atoms with Crippen LogP contribution in [0.25, 0.3) is 5.69 Å². The molecule has 8 heteroatoms. The van der Waals surface area contributed by atoms with Gasteiger partial charge in [0.25, 0.3) is 5.91 Å². The van der Waals surface area contributed by atoms with Gasteiger partial charge >= 0.3 is 0 Å². The molecule has 29 heavy (non-hydrogen) atoms. The molecular formula is C21H21ClN4O3. The van der Waals surface area contributed by atoms with E-state index in [2.05, 4.69) is 15.4 Å². The van der Waals surface area contributed by atoms with Gasteiger partial charge in [0.2, 0.25) is 5.82 Å². The average Bonchev–Trinajstić information content (AvgIpc) is 3.38. The number of aryl methyl sites for hydroxylation is 1. The van der Waals surface area contributed by atoms with Crippen molar-refractivity contribution in [2.45, 2.75) is 25.9 Å². The van der Waals surface area contributed by atoms with Crippen LogP contribution in [0.15, 0.2) is 48.5 Å². The molecule has 3 aromatic rings. The largest absolute Gasteiger partial charge is 0.491 e. The van der Waals surface area contributed by atoms with Gasteiger partial charge in [0, 0.05) is 17.3 Å². The number of hydrogen-bond acceptors (Lipinski definition) is 5. The van der Waals surface area contributed by atoms with Crippen LogP contribution in [0.5, 0.6) is 5.75 Å². The second-order valence-electron chi connectivity index (χ2n) is 6.80. The van der Waals surface area contributed by atoms with E-state index in [4.69, 9.17) is 21.1 Å². The Morgan fingerprint density at radius 3 is 2.69 bits per heavy atom. The molecule has 7 nitrogen and oxygen atoms in total. The number of carbonyl (C=O) groups is 1. The summed E-state index contributed by atoms with van der Waals surface area (Å²) >= 11 is 5.92. The minimum atomic E-state index is -0.381. The standard InChI is InChI=1S/C21H21ClN4O3/c1-14-23-20(25-26(14)17-8-4-15(22)5-9-17)21(27)24-16-6-10-18(11-7-16)29-13-19-3-2-12-28-19/h4-11,19H,2-3,12-13H2,1H3,(H,24,27). The molecule has 0 aliphatic carbocycles. The lowest BCUT2D eigenvalue weighted by atomic mass is 10.2. The molecule has 4 rings (SSSR count). The van der Waals surface area contributed by atoms with E-state index in [1.165, 1.54) is 0 Å². The normalized spacial score (nSPS) is 16.0. The van der Waals surface area contributed by atoms with Crippen molar-refractivity contribution in [1.29, 1.82) is 0 Å². The van der Waals surface area contributed by atoms with Gasteiger partial charge in [0.15, 0.2) is 0 Å². The SMILES string of the molecule is Cc1nc(C(=O)Nc2ccc(OCC3CCCO3)cc2)nn1-c1ccc(Cl)cc1. The summed E-state index contributed by atoms with van der Waals surface area (Å²) in [6.07, 6.45) is 2.28. The number of amides is 1. The number of rotatable bonds is 6. The van der Waals surface area contributed by atoms with Gasteiger partial charge in [-0.3, -0.25) is 4.79 Å². The monoisotopic (exact) mass is 412 g/mol. The summed E-state index contributed by atoms with van der Waals surface area (Å²) in [6.45, 7) is 3.13. The quantitative estimate of drug-likeness (QED) is 0.661. The first-order valence-corrected chi connectivity index (χ1v) is 9.82. The number of hydrogen-bond donors (Lipinski definition) is 1. The van der Waals surface area contributed by atoms with E-state index in [9.17, 15) is 4.79 Å². The Balaban J connectivity index is 1.38. The van der Waals surface area contributed by atoms with Gasteiger partial charge in [0.05, 0.1) is 11.8 Å². The second-order valence-corrected chi connectivity index (χ2v) is 7.23. The van der Waals surface area contributed by atoms with Crippen molar-refractivity contribution < 1.29 is 14.3 Å². The molecule has 0 saturated carbocycles. The van der Waals surface area contributed by atoms with Crippen molar-refractivity contribution in [3.63, 3.8) is 0 Å². The molecule has 1 aromatic heterocycles. The van der Waals surface area contributed by atoms with Gasteiger partial charge in [-0.2, -0.15) is 0 Å². The minimum Gasteiger partial charge on any atom is -0.491 e. The number of benzene rings is 2. The number of nitrogens with zero attached hydrogens (tertiary/aromatic N) is 3. The molecule has 1 N–H and O–H groups in total. The fourth-order valence-corrected chi connectivity index (χ4v) is 3.23. The third-order valence-electron chi connectivity index (χ3n) is 4.62. The Hall–Kier alpha value is -2.90. The molecule has 2 aromatic carbocycles. The third kappa shape index (κ3) is 4.75. The van der Waals surface area contributed by atoms with Crippen molar-refractivity contribution in [2.24, 2.45) is 0 Å². The molecule has 2 heterocycles. The van der Waals surface area contributed by atoms with Gasteiger partial charge in [0.1, 0.15) is 18.2 Å². The summed E-state index contributed by atoms with van der Waals surface area (Å²) in [6, 6.07) is 14.4. The van der Waals surface area contributed by atoms with Crippen LogP contribution in [0.4, 0.5) is 5.69 Å². The Morgan fingerprint density at radius 2 is 2.00 bits per heavy atom. The molecule has 1 amide bonds. The van der Waals surface area contributed by atoms with Crippen molar-refractivity contribution in [1.82, 2.24) is 14.8 Å². The molecule has 1 unspecified atom stereocenters. The van der Waals surface area contributed by atoms with Crippen LogP contribution in [0.1, 0.15) is 29.3 Å². The first kappa shape index (κ1) is 19.4. The van der Waals surface area contributed by atoms with Crippen LogP contribution in [-0.2, 0) is 4.74 Å². The molecule has 1 aliphatic heterocycles. The third-order valence-corrected chi connectivity index (χ3v) is 4.87. The molecule has 0 bridgehead atoms. The number of nitrogens with one attached hydrogen (secondary N) is 1. The summed E-state index contributed by atoms with van der Waals surface area (Å²) in [4.78, 5) is 16.8. The maximum absolute atomic E-state index is 12.5. The molecule has 1 aliphatic rings. The molecule has 1 saturated heterocycles. The minimum absolute atomic E-state index is 0.0937. The number of halogens is 1. The van der Waals surface area contributed by atoms with E-state index in [0.717, 1.165) is 30.9 Å². The van der Waals surface area contributed by atoms with Crippen LogP contribution in [0.3, 0.4) is 0 Å². The number of ether oxygens (including phenoxy) is 2. The van der Waals surface area contributed by atoms with E-state index in [0.29, 0.717) is 23.1 Å². The summed E-state index contributed by atoms with van der Waals surface area (Å²) < 4.78 is 12.9. The van der Waals surface area contributed by atoms with E-state index < -0.39 is 0 Å². The number of aromatic nitrogens is 3. The van der Waals surface area contributed by atoms with Crippen molar-refractivity contribution >= 4 is 23.2 Å². The van der Waals surface area contributed by atoms with E-state index in [1.54, 1.807) is 35.9 Å². The summed E-state index contributed by atoms with van der Waals surface area (Å²) in [5.41, 5.74) is 1.42. The van der Waals surface area contributed by atoms with Crippen molar-refractivity contribution in [2.75, 3.05) is 18.5 Å². The maximum atomic E-state index is 12.5. The summed E-state index contributed by atoms with van der Waals surface area (Å²) in [5.74, 6) is 1.06. The Labute approximate surface area is 173 Å². The lowest BCUT2D eigenvalue weighted by molar-refractivity contribution is 0.0679. The van der Waals surface area contributed by atoms with Crippen LogP contribution in [0, 0.1) is 6.92 Å². The van der Waals surface area contributed by atoms with Crippen LogP contribution >= 0.6 is 11.6 Å². The summed E-state index contributed by atoms with van der Waals surface area (Å²) in [7, 11) is 0. The zero-order valence-electron chi connectivity index (χ0n) is 16.0. The highest BCUT2D eigenvalue weighted by Gasteiger charge is 2.17. The zero-order chi connectivity index (χ0) is 20.2. The molecular weight excluding hydrogens is 392 g/mol. The highest BCUT2D eigenvalue weighted by molar-refractivity contribution is 6.30. The number of anilines is 1. The first-order chi connectivity index (χ1) is 14.1. The maximum Gasteiger partial charge on any atom is 0.295 e. The first-order valence-electron chi connectivity index (χ1n) is 9.44. The topological polar surface area (TPSA) is 78.3 Å². The smallest absolute Gasteiger partial charge is 0.295 e. The lowest BCUT2D eigenvalue weighted by Crippen LogP contribution is -2.16. The Morgan fingerprint density at radius 1 is 1.24 bits per heavy atom. The van der Waals surface area contributed by atoms with Gasteiger partial charge in [-0.1, -0.05) is 11.6 Å². The van der Waals surface area contributed by atoms with Gasteiger partial charge in [-0.25, -0.2) is 9.67 Å². The lowest BCUT2D eigenvalue weighted by Gasteiger charge is -2.11.